The van der Waals surface area contributed by atoms with Crippen molar-refractivity contribution >= 4 is 26.7 Å². The van der Waals surface area contributed by atoms with Gasteiger partial charge in [-0.25, -0.2) is 0 Å². The smallest absolute Gasteiger partial charge is 0.0512 e. The van der Waals surface area contributed by atoms with Gasteiger partial charge in [-0.05, 0) is 29.2 Å². The zero-order chi connectivity index (χ0) is 20.1. The third-order valence-electron chi connectivity index (χ3n) is 6.13. The van der Waals surface area contributed by atoms with Crippen molar-refractivity contribution in [2.75, 3.05) is 0 Å². The van der Waals surface area contributed by atoms with E-state index >= 15 is 0 Å². The molecular weight excluding hydrogens is 404 g/mol. The van der Waals surface area contributed by atoms with Crippen molar-refractivity contribution < 1.29 is 0 Å². The van der Waals surface area contributed by atoms with Crippen LogP contribution in [-0.4, -0.2) is 0 Å². The highest BCUT2D eigenvalue weighted by atomic mass is 79.9. The van der Waals surface area contributed by atoms with Crippen LogP contribution in [0, 0.1) is 0 Å². The molecule has 2 aromatic rings. The minimum absolute atomic E-state index is 0.128. The highest BCUT2D eigenvalue weighted by Crippen LogP contribution is 2.44. The molecule has 2 aromatic carbocycles. The van der Waals surface area contributed by atoms with E-state index in [1.165, 1.54) is 106 Å². The molecule has 0 aliphatic carbocycles. The Morgan fingerprint density at radius 2 is 1.11 bits per heavy atom. The molecule has 0 radical (unpaired) electrons. The SMILES string of the molecule is CCCCCCCCC(Br)(CCCCCCCC)c1cccc2ccccc12. The molecule has 0 spiro atoms. The van der Waals surface area contributed by atoms with Gasteiger partial charge in [-0.2, -0.15) is 0 Å². The fraction of sp³-hybridized carbons (Fsp3) is 0.630. The van der Waals surface area contributed by atoms with Crippen molar-refractivity contribution in [3.05, 3.63) is 48.0 Å². The zero-order valence-electron chi connectivity index (χ0n) is 18.3. The lowest BCUT2D eigenvalue weighted by Gasteiger charge is -2.30. The standard InChI is InChI=1S/C27H41Br/c1-3-5-7-9-11-15-22-27(28,23-16-12-10-8-6-4-2)26-21-17-19-24-18-13-14-20-25(24)26/h13-14,17-21H,3-12,15-16,22-23H2,1-2H3. The van der Waals surface area contributed by atoms with Crippen molar-refractivity contribution in [1.82, 2.24) is 0 Å². The van der Waals surface area contributed by atoms with Crippen molar-refractivity contribution in [2.24, 2.45) is 0 Å². The lowest BCUT2D eigenvalue weighted by atomic mass is 9.85. The minimum atomic E-state index is 0.128. The Balaban J connectivity index is 2.04. The molecule has 0 aliphatic heterocycles. The molecule has 156 valence electrons. The molecule has 0 nitrogen and oxygen atoms in total. The molecule has 0 atom stereocenters. The van der Waals surface area contributed by atoms with Crippen LogP contribution in [0.4, 0.5) is 0 Å². The second kappa shape index (κ2) is 13.4. The first kappa shape index (κ1) is 23.5. The van der Waals surface area contributed by atoms with E-state index in [1.54, 1.807) is 0 Å². The molecular formula is C27H41Br. The molecule has 2 rings (SSSR count). The van der Waals surface area contributed by atoms with E-state index in [-0.39, 0.29) is 4.32 Å². The molecule has 0 bridgehead atoms. The van der Waals surface area contributed by atoms with Gasteiger partial charge in [0.2, 0.25) is 0 Å². The fourth-order valence-corrected chi connectivity index (χ4v) is 5.29. The predicted molar refractivity (Wildman–Crippen MR) is 131 cm³/mol. The van der Waals surface area contributed by atoms with Gasteiger partial charge in [0.05, 0.1) is 4.32 Å². The third kappa shape index (κ3) is 7.54. The maximum Gasteiger partial charge on any atom is 0.0512 e. The van der Waals surface area contributed by atoms with E-state index < -0.39 is 0 Å². The lowest BCUT2D eigenvalue weighted by Crippen LogP contribution is -2.19. The van der Waals surface area contributed by atoms with Crippen molar-refractivity contribution in [2.45, 2.75) is 108 Å². The number of hydrogen-bond acceptors (Lipinski definition) is 0. The van der Waals surface area contributed by atoms with E-state index in [9.17, 15) is 0 Å². The van der Waals surface area contributed by atoms with Crippen LogP contribution in [-0.2, 0) is 4.32 Å². The molecule has 1 heteroatoms. The molecule has 28 heavy (non-hydrogen) atoms. The van der Waals surface area contributed by atoms with Crippen LogP contribution in [0.15, 0.2) is 42.5 Å². The van der Waals surface area contributed by atoms with Gasteiger partial charge >= 0.3 is 0 Å². The Labute approximate surface area is 182 Å². The van der Waals surface area contributed by atoms with Crippen LogP contribution < -0.4 is 0 Å². The summed E-state index contributed by atoms with van der Waals surface area (Å²) < 4.78 is 0.128. The van der Waals surface area contributed by atoms with E-state index in [1.807, 2.05) is 0 Å². The van der Waals surface area contributed by atoms with Gasteiger partial charge in [-0.3, -0.25) is 0 Å². The van der Waals surface area contributed by atoms with E-state index in [0.717, 1.165) is 0 Å². The van der Waals surface area contributed by atoms with Crippen LogP contribution in [0.3, 0.4) is 0 Å². The molecule has 0 heterocycles. The Hall–Kier alpha value is -0.820. The molecule has 0 saturated carbocycles. The van der Waals surface area contributed by atoms with Crippen LogP contribution in [0.1, 0.15) is 109 Å². The Morgan fingerprint density at radius 3 is 1.71 bits per heavy atom. The van der Waals surface area contributed by atoms with Crippen molar-refractivity contribution in [1.29, 1.82) is 0 Å². The van der Waals surface area contributed by atoms with Gasteiger partial charge in [0.15, 0.2) is 0 Å². The Kier molecular flexibility index (Phi) is 11.2. The van der Waals surface area contributed by atoms with E-state index in [2.05, 4.69) is 72.2 Å². The number of rotatable bonds is 15. The quantitative estimate of drug-likeness (QED) is 0.189. The number of fused-ring (bicyclic) bond motifs is 1. The summed E-state index contributed by atoms with van der Waals surface area (Å²) in [5, 5.41) is 2.80. The average Bonchev–Trinajstić information content (AvgIpc) is 2.73. The summed E-state index contributed by atoms with van der Waals surface area (Å²) >= 11 is 4.28. The third-order valence-corrected chi connectivity index (χ3v) is 7.35. The van der Waals surface area contributed by atoms with Crippen LogP contribution >= 0.6 is 15.9 Å². The summed E-state index contributed by atoms with van der Waals surface area (Å²) in [4.78, 5) is 0. The van der Waals surface area contributed by atoms with Crippen molar-refractivity contribution in [3.8, 4) is 0 Å². The van der Waals surface area contributed by atoms with E-state index in [0.29, 0.717) is 0 Å². The summed E-state index contributed by atoms with van der Waals surface area (Å²) in [5.41, 5.74) is 1.51. The molecule has 0 aromatic heterocycles. The summed E-state index contributed by atoms with van der Waals surface area (Å²) in [6.07, 6.45) is 18.9. The molecule has 0 fully saturated rings. The first-order valence-electron chi connectivity index (χ1n) is 11.9. The average molecular weight is 446 g/mol. The van der Waals surface area contributed by atoms with Gasteiger partial charge in [-0.1, -0.05) is 149 Å². The topological polar surface area (TPSA) is 0 Å². The first-order chi connectivity index (χ1) is 13.7. The van der Waals surface area contributed by atoms with Crippen LogP contribution in [0.2, 0.25) is 0 Å². The number of benzene rings is 2. The normalized spacial score (nSPS) is 12.0. The number of halogens is 1. The molecule has 0 N–H and O–H groups in total. The number of alkyl halides is 1. The Bertz CT molecular complexity index is 639. The predicted octanol–water partition coefficient (Wildman–Crippen LogP) is 9.93. The second-order valence-electron chi connectivity index (χ2n) is 8.53. The minimum Gasteiger partial charge on any atom is -0.0801 e. The molecule has 0 saturated heterocycles. The maximum absolute atomic E-state index is 4.28. The molecule has 0 aliphatic rings. The maximum atomic E-state index is 4.28. The van der Waals surface area contributed by atoms with Gasteiger partial charge in [0, 0.05) is 0 Å². The van der Waals surface area contributed by atoms with Gasteiger partial charge in [0.25, 0.3) is 0 Å². The van der Waals surface area contributed by atoms with Crippen molar-refractivity contribution in [3.63, 3.8) is 0 Å². The molecule has 0 amide bonds. The summed E-state index contributed by atoms with van der Waals surface area (Å²) in [7, 11) is 0. The van der Waals surface area contributed by atoms with Crippen LogP contribution in [0.5, 0.6) is 0 Å². The fourth-order valence-electron chi connectivity index (χ4n) is 4.38. The van der Waals surface area contributed by atoms with E-state index in [4.69, 9.17) is 0 Å². The zero-order valence-corrected chi connectivity index (χ0v) is 19.9. The monoisotopic (exact) mass is 444 g/mol. The van der Waals surface area contributed by atoms with Gasteiger partial charge in [0.1, 0.15) is 0 Å². The second-order valence-corrected chi connectivity index (χ2v) is 10.0. The van der Waals surface area contributed by atoms with Crippen LogP contribution in [0.25, 0.3) is 10.8 Å². The summed E-state index contributed by atoms with van der Waals surface area (Å²) in [6.45, 7) is 4.59. The number of unbranched alkanes of at least 4 members (excludes halogenated alkanes) is 10. The number of hydrogen-bond donors (Lipinski definition) is 0. The highest BCUT2D eigenvalue weighted by Gasteiger charge is 2.29. The summed E-state index contributed by atoms with van der Waals surface area (Å²) in [6, 6.07) is 15.8. The van der Waals surface area contributed by atoms with Gasteiger partial charge in [-0.15, -0.1) is 0 Å². The molecule has 0 unspecified atom stereocenters. The first-order valence-corrected chi connectivity index (χ1v) is 12.7. The summed E-state index contributed by atoms with van der Waals surface area (Å²) in [5.74, 6) is 0. The van der Waals surface area contributed by atoms with Gasteiger partial charge < -0.3 is 0 Å². The highest BCUT2D eigenvalue weighted by molar-refractivity contribution is 9.09. The Morgan fingerprint density at radius 1 is 0.607 bits per heavy atom. The lowest BCUT2D eigenvalue weighted by molar-refractivity contribution is 0.463. The largest absolute Gasteiger partial charge is 0.0801 e.